The van der Waals surface area contributed by atoms with Gasteiger partial charge in [0, 0.05) is 18.2 Å². The van der Waals surface area contributed by atoms with Crippen LogP contribution in [0, 0.1) is 18.8 Å². The first-order chi connectivity index (χ1) is 10.6. The van der Waals surface area contributed by atoms with Gasteiger partial charge in [0.2, 0.25) is 5.78 Å². The second kappa shape index (κ2) is 6.23. The second-order valence-electron chi connectivity index (χ2n) is 6.98. The minimum atomic E-state index is -0.348. The lowest BCUT2D eigenvalue weighted by Crippen LogP contribution is -2.54. The molecule has 2 fully saturated rings. The molecule has 0 aromatic heterocycles. The van der Waals surface area contributed by atoms with Gasteiger partial charge in [-0.05, 0) is 38.0 Å². The van der Waals surface area contributed by atoms with E-state index in [2.05, 4.69) is 6.92 Å². The minimum Gasteiger partial charge on any atom is -0.333 e. The molecule has 1 aliphatic carbocycles. The van der Waals surface area contributed by atoms with Gasteiger partial charge in [0.1, 0.15) is 0 Å². The number of likely N-dealkylation sites (tertiary alicyclic amines) is 1. The largest absolute Gasteiger partial charge is 0.333 e. The van der Waals surface area contributed by atoms with Crippen molar-refractivity contribution < 1.29 is 9.59 Å². The molecule has 3 atom stereocenters. The number of carbonyl (C=O) groups is 2. The smallest absolute Gasteiger partial charge is 0.295 e. The zero-order valence-corrected chi connectivity index (χ0v) is 13.5. The summed E-state index contributed by atoms with van der Waals surface area (Å²) in [5, 5.41) is 0. The first-order valence-corrected chi connectivity index (χ1v) is 8.50. The number of aryl methyl sites for hydroxylation is 1. The average Bonchev–Trinajstić information content (AvgIpc) is 2.55. The molecule has 1 aromatic carbocycles. The fourth-order valence-corrected chi connectivity index (χ4v) is 4.12. The van der Waals surface area contributed by atoms with Crippen LogP contribution in [0.25, 0.3) is 0 Å². The van der Waals surface area contributed by atoms with Gasteiger partial charge in [-0.3, -0.25) is 9.59 Å². The number of hydrogen-bond donors (Lipinski definition) is 0. The molecule has 0 spiro atoms. The van der Waals surface area contributed by atoms with Crippen molar-refractivity contribution in [1.82, 2.24) is 4.90 Å². The lowest BCUT2D eigenvalue weighted by atomic mass is 9.72. The maximum Gasteiger partial charge on any atom is 0.295 e. The Hall–Kier alpha value is -1.64. The van der Waals surface area contributed by atoms with Crippen molar-refractivity contribution in [2.75, 3.05) is 6.54 Å². The van der Waals surface area contributed by atoms with Crippen molar-refractivity contribution in [2.24, 2.45) is 11.8 Å². The first-order valence-electron chi connectivity index (χ1n) is 8.50. The average molecular weight is 299 g/mol. The van der Waals surface area contributed by atoms with Crippen LogP contribution in [0.2, 0.25) is 0 Å². The van der Waals surface area contributed by atoms with Crippen LogP contribution in [0.15, 0.2) is 24.3 Å². The van der Waals surface area contributed by atoms with E-state index in [0.29, 0.717) is 17.4 Å². The molecule has 1 saturated heterocycles. The van der Waals surface area contributed by atoms with Crippen LogP contribution in [0.1, 0.15) is 54.9 Å². The van der Waals surface area contributed by atoms with Crippen LogP contribution in [0.4, 0.5) is 0 Å². The van der Waals surface area contributed by atoms with E-state index in [1.165, 1.54) is 19.3 Å². The highest BCUT2D eigenvalue weighted by Gasteiger charge is 2.40. The van der Waals surface area contributed by atoms with Gasteiger partial charge in [-0.25, -0.2) is 0 Å². The fraction of sp³-hybridized carbons (Fsp3) is 0.579. The number of fused-ring (bicyclic) bond motifs is 1. The topological polar surface area (TPSA) is 37.4 Å². The zero-order chi connectivity index (χ0) is 15.7. The Morgan fingerprint density at radius 2 is 1.73 bits per heavy atom. The van der Waals surface area contributed by atoms with E-state index in [1.807, 2.05) is 24.0 Å². The predicted molar refractivity (Wildman–Crippen MR) is 86.7 cm³/mol. The third-order valence-electron chi connectivity index (χ3n) is 5.51. The summed E-state index contributed by atoms with van der Waals surface area (Å²) in [6, 6.07) is 7.59. The van der Waals surface area contributed by atoms with Crippen LogP contribution in [0.3, 0.4) is 0 Å². The number of carbonyl (C=O) groups excluding carboxylic acids is 2. The molecule has 3 rings (SSSR count). The summed E-state index contributed by atoms with van der Waals surface area (Å²) in [7, 11) is 0. The van der Waals surface area contributed by atoms with Crippen LogP contribution < -0.4 is 0 Å². The van der Waals surface area contributed by atoms with E-state index in [1.54, 1.807) is 12.1 Å². The molecule has 1 heterocycles. The van der Waals surface area contributed by atoms with E-state index in [9.17, 15) is 9.59 Å². The second-order valence-corrected chi connectivity index (χ2v) is 6.98. The predicted octanol–water partition coefficient (Wildman–Crippen LogP) is 3.60. The maximum absolute atomic E-state index is 12.7. The fourth-order valence-electron chi connectivity index (χ4n) is 4.12. The molecule has 0 radical (unpaired) electrons. The zero-order valence-electron chi connectivity index (χ0n) is 13.5. The van der Waals surface area contributed by atoms with Gasteiger partial charge in [0.15, 0.2) is 0 Å². The van der Waals surface area contributed by atoms with Crippen molar-refractivity contribution >= 4 is 11.7 Å². The van der Waals surface area contributed by atoms with E-state index < -0.39 is 0 Å². The molecule has 1 saturated carbocycles. The molecule has 3 heteroatoms. The van der Waals surface area contributed by atoms with Crippen LogP contribution in [-0.4, -0.2) is 29.2 Å². The van der Waals surface area contributed by atoms with Gasteiger partial charge in [0.05, 0.1) is 0 Å². The SMILES string of the molecule is Cc1ccc(C(=O)C(=O)N2CC[C@H](C)[C@H]3CCCC[C@H]32)cc1. The van der Waals surface area contributed by atoms with E-state index in [-0.39, 0.29) is 17.7 Å². The molecule has 2 aliphatic rings. The van der Waals surface area contributed by atoms with Crippen LogP contribution in [0.5, 0.6) is 0 Å². The molecule has 1 amide bonds. The number of hydrogen-bond acceptors (Lipinski definition) is 2. The van der Waals surface area contributed by atoms with Gasteiger partial charge in [-0.2, -0.15) is 0 Å². The Bertz CT molecular complexity index is 563. The minimum absolute atomic E-state index is 0.277. The van der Waals surface area contributed by atoms with Gasteiger partial charge >= 0.3 is 0 Å². The summed E-state index contributed by atoms with van der Waals surface area (Å²) in [6.07, 6.45) is 5.72. The molecule has 1 aromatic rings. The summed E-state index contributed by atoms with van der Waals surface area (Å²) >= 11 is 0. The van der Waals surface area contributed by atoms with Gasteiger partial charge in [-0.15, -0.1) is 0 Å². The normalized spacial score (nSPS) is 28.1. The number of piperidine rings is 1. The molecular weight excluding hydrogens is 274 g/mol. The first kappa shape index (κ1) is 15.3. The van der Waals surface area contributed by atoms with E-state index in [4.69, 9.17) is 0 Å². The maximum atomic E-state index is 12.7. The lowest BCUT2D eigenvalue weighted by molar-refractivity contribution is -0.134. The Morgan fingerprint density at radius 3 is 2.45 bits per heavy atom. The third-order valence-corrected chi connectivity index (χ3v) is 5.51. The number of rotatable bonds is 2. The Morgan fingerprint density at radius 1 is 1.05 bits per heavy atom. The van der Waals surface area contributed by atoms with Crippen molar-refractivity contribution in [3.8, 4) is 0 Å². The van der Waals surface area contributed by atoms with E-state index in [0.717, 1.165) is 24.9 Å². The van der Waals surface area contributed by atoms with Crippen molar-refractivity contribution in [3.05, 3.63) is 35.4 Å². The summed E-state index contributed by atoms with van der Waals surface area (Å²) in [5.74, 6) is 0.604. The summed E-state index contributed by atoms with van der Waals surface area (Å²) in [6.45, 7) is 5.01. The van der Waals surface area contributed by atoms with Crippen molar-refractivity contribution in [1.29, 1.82) is 0 Å². The quantitative estimate of drug-likeness (QED) is 0.618. The Kier molecular flexibility index (Phi) is 4.32. The van der Waals surface area contributed by atoms with Crippen molar-refractivity contribution in [2.45, 2.75) is 52.0 Å². The summed E-state index contributed by atoms with van der Waals surface area (Å²) in [4.78, 5) is 27.1. The number of benzene rings is 1. The Balaban J connectivity index is 1.78. The molecular formula is C19H25NO2. The van der Waals surface area contributed by atoms with Crippen molar-refractivity contribution in [3.63, 3.8) is 0 Å². The highest BCUT2D eigenvalue weighted by molar-refractivity contribution is 6.42. The molecule has 0 N–H and O–H groups in total. The number of amides is 1. The molecule has 0 bridgehead atoms. The monoisotopic (exact) mass is 299 g/mol. The molecule has 118 valence electrons. The molecule has 3 nitrogen and oxygen atoms in total. The molecule has 1 aliphatic heterocycles. The number of ketones is 1. The number of nitrogens with zero attached hydrogens (tertiary/aromatic N) is 1. The standard InChI is InChI=1S/C19H25NO2/c1-13-7-9-15(10-8-13)18(21)19(22)20-12-11-14(2)16-5-3-4-6-17(16)20/h7-10,14,16-17H,3-6,11-12H2,1-2H3/t14-,16+,17+/m0/s1. The van der Waals surface area contributed by atoms with Gasteiger partial charge in [-0.1, -0.05) is 49.6 Å². The van der Waals surface area contributed by atoms with E-state index >= 15 is 0 Å². The highest BCUT2D eigenvalue weighted by Crippen LogP contribution is 2.38. The van der Waals surface area contributed by atoms with Gasteiger partial charge in [0.25, 0.3) is 5.91 Å². The number of Topliss-reactive ketones (excluding diaryl/α,β-unsaturated/α-hetero) is 1. The summed E-state index contributed by atoms with van der Waals surface area (Å²) in [5.41, 5.74) is 1.62. The highest BCUT2D eigenvalue weighted by atomic mass is 16.2. The summed E-state index contributed by atoms with van der Waals surface area (Å²) < 4.78 is 0. The molecule has 0 unspecified atom stereocenters. The van der Waals surface area contributed by atoms with Crippen LogP contribution >= 0.6 is 0 Å². The molecule has 22 heavy (non-hydrogen) atoms. The van der Waals surface area contributed by atoms with Gasteiger partial charge < -0.3 is 4.90 Å². The Labute approximate surface area is 132 Å². The lowest BCUT2D eigenvalue weighted by Gasteiger charge is -2.47. The third kappa shape index (κ3) is 2.81. The van der Waals surface area contributed by atoms with Crippen LogP contribution in [-0.2, 0) is 4.79 Å².